The Hall–Kier alpha value is -3.81. The molecule has 0 aliphatic rings. The molecule has 0 radical (unpaired) electrons. The Morgan fingerprint density at radius 2 is 1.84 bits per heavy atom. The molecular formula is C23H24FN7. The summed E-state index contributed by atoms with van der Waals surface area (Å²) in [5.41, 5.74) is 9.75. The molecule has 3 N–H and O–H groups in total. The minimum Gasteiger partial charge on any atom is -0.399 e. The number of hydrogen-bond acceptors (Lipinski definition) is 6. The number of nitrogen functional groups attached to an aromatic ring is 1. The molecule has 0 amide bonds. The number of aromatic nitrogens is 5. The summed E-state index contributed by atoms with van der Waals surface area (Å²) in [6.45, 7) is 5.81. The van der Waals surface area contributed by atoms with E-state index in [-0.39, 0.29) is 5.82 Å². The lowest BCUT2D eigenvalue weighted by Gasteiger charge is -2.27. The van der Waals surface area contributed by atoms with Gasteiger partial charge in [-0.15, -0.1) is 5.10 Å². The third-order valence-corrected chi connectivity index (χ3v) is 4.82. The molecule has 0 aliphatic heterocycles. The monoisotopic (exact) mass is 417 g/mol. The van der Waals surface area contributed by atoms with E-state index in [9.17, 15) is 4.39 Å². The number of tetrazole rings is 1. The maximum absolute atomic E-state index is 14.2. The first kappa shape index (κ1) is 20.5. The average molecular weight is 417 g/mol. The lowest BCUT2D eigenvalue weighted by atomic mass is 10.0. The Labute approximate surface area is 180 Å². The van der Waals surface area contributed by atoms with Crippen molar-refractivity contribution < 1.29 is 4.39 Å². The number of aromatic amines is 1. The van der Waals surface area contributed by atoms with Crippen LogP contribution in [0.5, 0.6) is 0 Å². The van der Waals surface area contributed by atoms with Crippen molar-refractivity contribution in [3.8, 4) is 22.6 Å². The number of nitrogens with zero attached hydrogens (tertiary/aromatic N) is 5. The molecule has 7 nitrogen and oxygen atoms in total. The minimum absolute atomic E-state index is 0.375. The van der Waals surface area contributed by atoms with E-state index in [0.717, 1.165) is 12.4 Å². The van der Waals surface area contributed by atoms with Crippen molar-refractivity contribution in [3.63, 3.8) is 0 Å². The summed E-state index contributed by atoms with van der Waals surface area (Å²) in [7, 11) is 0. The zero-order valence-electron chi connectivity index (χ0n) is 17.5. The molecule has 158 valence electrons. The van der Waals surface area contributed by atoms with E-state index in [4.69, 9.17) is 10.7 Å². The van der Waals surface area contributed by atoms with E-state index in [0.29, 0.717) is 40.8 Å². The summed E-state index contributed by atoms with van der Waals surface area (Å²) in [5, 5.41) is 14.0. The van der Waals surface area contributed by atoms with Gasteiger partial charge in [0.15, 0.2) is 5.82 Å². The molecule has 0 unspecified atom stereocenters. The lowest BCUT2D eigenvalue weighted by Crippen LogP contribution is -2.28. The van der Waals surface area contributed by atoms with Gasteiger partial charge < -0.3 is 10.6 Å². The van der Waals surface area contributed by atoms with Gasteiger partial charge in [-0.2, -0.15) is 0 Å². The molecule has 0 saturated carbocycles. The van der Waals surface area contributed by atoms with Crippen LogP contribution in [0.25, 0.3) is 22.6 Å². The molecule has 4 rings (SSSR count). The molecule has 8 heteroatoms. The predicted molar refractivity (Wildman–Crippen MR) is 120 cm³/mol. The normalized spacial score (nSPS) is 11.1. The van der Waals surface area contributed by atoms with Gasteiger partial charge in [0.25, 0.3) is 0 Å². The van der Waals surface area contributed by atoms with Crippen molar-refractivity contribution in [3.05, 3.63) is 72.0 Å². The molecule has 0 atom stereocenters. The van der Waals surface area contributed by atoms with E-state index < -0.39 is 0 Å². The van der Waals surface area contributed by atoms with E-state index >= 15 is 0 Å². The number of H-pyrrole nitrogens is 1. The number of halogens is 1. The van der Waals surface area contributed by atoms with Crippen LogP contribution >= 0.6 is 0 Å². The Morgan fingerprint density at radius 1 is 1.03 bits per heavy atom. The molecule has 31 heavy (non-hydrogen) atoms. The highest BCUT2D eigenvalue weighted by molar-refractivity contribution is 5.80. The summed E-state index contributed by atoms with van der Waals surface area (Å²) in [5.74, 6) is 1.21. The summed E-state index contributed by atoms with van der Waals surface area (Å²) in [6.07, 6.45) is 0. The van der Waals surface area contributed by atoms with Crippen LogP contribution in [-0.2, 0) is 6.54 Å². The van der Waals surface area contributed by atoms with Gasteiger partial charge >= 0.3 is 0 Å². The van der Waals surface area contributed by atoms with Crippen LogP contribution in [0, 0.1) is 11.7 Å². The van der Waals surface area contributed by atoms with E-state index in [1.807, 2.05) is 24.3 Å². The van der Waals surface area contributed by atoms with Crippen molar-refractivity contribution in [1.82, 2.24) is 25.6 Å². The molecule has 0 bridgehead atoms. The fourth-order valence-electron chi connectivity index (χ4n) is 3.53. The number of rotatable bonds is 7. The van der Waals surface area contributed by atoms with Crippen LogP contribution in [0.15, 0.2) is 60.7 Å². The van der Waals surface area contributed by atoms with Crippen LogP contribution in [0.1, 0.15) is 19.4 Å². The summed E-state index contributed by atoms with van der Waals surface area (Å²) in [4.78, 5) is 7.05. The highest BCUT2D eigenvalue weighted by Gasteiger charge is 2.17. The van der Waals surface area contributed by atoms with Crippen LogP contribution in [0.3, 0.4) is 0 Å². The van der Waals surface area contributed by atoms with Gasteiger partial charge in [-0.25, -0.2) is 14.5 Å². The van der Waals surface area contributed by atoms with Crippen molar-refractivity contribution in [1.29, 1.82) is 0 Å². The average Bonchev–Trinajstić information content (AvgIpc) is 3.28. The van der Waals surface area contributed by atoms with E-state index in [1.165, 1.54) is 17.7 Å². The fraction of sp³-hybridized carbons (Fsp3) is 0.217. The Kier molecular flexibility index (Phi) is 5.88. The van der Waals surface area contributed by atoms with Gasteiger partial charge in [-0.3, -0.25) is 0 Å². The van der Waals surface area contributed by atoms with Crippen molar-refractivity contribution in [2.24, 2.45) is 5.92 Å². The number of nitrogens with one attached hydrogen (secondary N) is 1. The molecule has 0 aliphatic carbocycles. The number of pyridine rings is 1. The second-order valence-corrected chi connectivity index (χ2v) is 7.84. The van der Waals surface area contributed by atoms with Gasteiger partial charge in [-0.05, 0) is 46.2 Å². The fourth-order valence-corrected chi connectivity index (χ4v) is 3.53. The van der Waals surface area contributed by atoms with Crippen molar-refractivity contribution >= 4 is 11.5 Å². The van der Waals surface area contributed by atoms with Crippen molar-refractivity contribution in [2.75, 3.05) is 17.2 Å². The standard InChI is InChI=1S/C23H24FN7/c1-15(2)13-31(14-16-6-4-3-5-7-16)22-12-18(25)11-21(26-22)20-10-17(24)8-9-19(20)23-27-29-30-28-23/h3-12,15H,13-14H2,1-2H3,(H2,25,26)(H,27,28,29,30). The Bertz CT molecular complexity index is 1140. The smallest absolute Gasteiger partial charge is 0.180 e. The van der Waals surface area contributed by atoms with Gasteiger partial charge in [0.05, 0.1) is 5.69 Å². The van der Waals surface area contributed by atoms with Crippen LogP contribution in [0.2, 0.25) is 0 Å². The first-order chi connectivity index (χ1) is 15.0. The third-order valence-electron chi connectivity index (χ3n) is 4.82. The van der Waals surface area contributed by atoms with Gasteiger partial charge in [0, 0.05) is 36.0 Å². The predicted octanol–water partition coefficient (Wildman–Crippen LogP) is 4.31. The van der Waals surface area contributed by atoms with Crippen LogP contribution in [-0.4, -0.2) is 32.2 Å². The molecule has 0 spiro atoms. The van der Waals surface area contributed by atoms with E-state index in [2.05, 4.69) is 51.5 Å². The van der Waals surface area contributed by atoms with Crippen LogP contribution in [0.4, 0.5) is 15.9 Å². The van der Waals surface area contributed by atoms with Gasteiger partial charge in [0.1, 0.15) is 11.6 Å². The minimum atomic E-state index is -0.375. The molecule has 0 saturated heterocycles. The van der Waals surface area contributed by atoms with E-state index in [1.54, 1.807) is 12.1 Å². The zero-order valence-corrected chi connectivity index (χ0v) is 17.5. The molecule has 4 aromatic rings. The quantitative estimate of drug-likeness (QED) is 0.465. The highest BCUT2D eigenvalue weighted by atomic mass is 19.1. The summed E-state index contributed by atoms with van der Waals surface area (Å²) < 4.78 is 14.2. The maximum atomic E-state index is 14.2. The maximum Gasteiger partial charge on any atom is 0.180 e. The summed E-state index contributed by atoms with van der Waals surface area (Å²) in [6, 6.07) is 18.2. The molecule has 2 aromatic heterocycles. The van der Waals surface area contributed by atoms with Gasteiger partial charge in [-0.1, -0.05) is 44.2 Å². The lowest BCUT2D eigenvalue weighted by molar-refractivity contribution is 0.605. The molecular weight excluding hydrogens is 393 g/mol. The van der Waals surface area contributed by atoms with Crippen LogP contribution < -0.4 is 10.6 Å². The Morgan fingerprint density at radius 3 is 2.55 bits per heavy atom. The topological polar surface area (TPSA) is 96.6 Å². The number of anilines is 2. The van der Waals surface area contributed by atoms with Crippen molar-refractivity contribution in [2.45, 2.75) is 20.4 Å². The second kappa shape index (κ2) is 8.91. The summed E-state index contributed by atoms with van der Waals surface area (Å²) >= 11 is 0. The SMILES string of the molecule is CC(C)CN(Cc1ccccc1)c1cc(N)cc(-c2cc(F)ccc2-c2nnn[nH]2)n1. The first-order valence-corrected chi connectivity index (χ1v) is 10.1. The molecule has 2 heterocycles. The van der Waals surface area contributed by atoms with Gasteiger partial charge in [0.2, 0.25) is 0 Å². The number of nitrogens with two attached hydrogens (primary N) is 1. The zero-order chi connectivity index (χ0) is 21.8. The largest absolute Gasteiger partial charge is 0.399 e. The molecule has 2 aromatic carbocycles. The number of benzene rings is 2. The third kappa shape index (κ3) is 4.85. The Balaban J connectivity index is 1.79. The highest BCUT2D eigenvalue weighted by Crippen LogP contribution is 2.32. The first-order valence-electron chi connectivity index (χ1n) is 10.1. The number of hydrogen-bond donors (Lipinski definition) is 2. The second-order valence-electron chi connectivity index (χ2n) is 7.84. The molecule has 0 fully saturated rings.